The highest BCUT2D eigenvalue weighted by molar-refractivity contribution is 9.10. The Morgan fingerprint density at radius 3 is 2.71 bits per heavy atom. The molecule has 6 heteroatoms. The Hall–Kier alpha value is -0.910. The van der Waals surface area contributed by atoms with E-state index in [1.807, 2.05) is 16.8 Å². The number of halogens is 2. The summed E-state index contributed by atoms with van der Waals surface area (Å²) in [6.45, 7) is 7.19. The third-order valence-corrected chi connectivity index (χ3v) is 3.94. The Morgan fingerprint density at radius 1 is 1.33 bits per heavy atom. The number of aromatic nitrogens is 3. The Balaban J connectivity index is 2.28. The number of nitrogens with zero attached hydrogens (tertiary/aromatic N) is 3. The number of benzene rings is 1. The van der Waals surface area contributed by atoms with Gasteiger partial charge in [0.25, 0.3) is 0 Å². The van der Waals surface area contributed by atoms with Crippen LogP contribution in [0, 0.1) is 0 Å². The first kappa shape index (κ1) is 16.5. The molecule has 2 rings (SSSR count). The Labute approximate surface area is 139 Å². The summed E-state index contributed by atoms with van der Waals surface area (Å²) in [6.07, 6.45) is 2.39. The average Bonchev–Trinajstić information content (AvgIpc) is 2.85. The molecule has 0 bridgehead atoms. The van der Waals surface area contributed by atoms with Crippen LogP contribution in [0.2, 0.25) is 5.02 Å². The van der Waals surface area contributed by atoms with Gasteiger partial charge in [-0.15, -0.1) is 0 Å². The van der Waals surface area contributed by atoms with E-state index < -0.39 is 0 Å². The molecule has 114 valence electrons. The lowest BCUT2D eigenvalue weighted by molar-refractivity contribution is 0.468. The van der Waals surface area contributed by atoms with Crippen LogP contribution in [0.5, 0.6) is 0 Å². The molecule has 0 amide bonds. The number of hydrogen-bond acceptors (Lipinski definition) is 3. The maximum absolute atomic E-state index is 6.17. The van der Waals surface area contributed by atoms with E-state index in [-0.39, 0.29) is 6.04 Å². The van der Waals surface area contributed by atoms with Gasteiger partial charge in [0.05, 0.1) is 0 Å². The largest absolute Gasteiger partial charge is 0.310 e. The lowest BCUT2D eigenvalue weighted by Crippen LogP contribution is -2.25. The zero-order valence-electron chi connectivity index (χ0n) is 12.5. The molecular formula is C15H20BrClN4. The quantitative estimate of drug-likeness (QED) is 0.829. The van der Waals surface area contributed by atoms with Crippen molar-refractivity contribution in [3.8, 4) is 0 Å². The molecule has 1 aromatic carbocycles. The van der Waals surface area contributed by atoms with Gasteiger partial charge in [0, 0.05) is 28.0 Å². The fourth-order valence-corrected chi connectivity index (χ4v) is 3.25. The molecule has 21 heavy (non-hydrogen) atoms. The maximum Gasteiger partial charge on any atom is 0.138 e. The Kier molecular flexibility index (Phi) is 5.79. The van der Waals surface area contributed by atoms with Crippen molar-refractivity contribution in [1.29, 1.82) is 0 Å². The first-order chi connectivity index (χ1) is 10.0. The molecule has 0 fully saturated rings. The number of nitrogens with one attached hydrogen (secondary N) is 1. The van der Waals surface area contributed by atoms with Crippen LogP contribution in [-0.4, -0.2) is 21.3 Å². The van der Waals surface area contributed by atoms with Crippen LogP contribution in [0.4, 0.5) is 0 Å². The van der Waals surface area contributed by atoms with Crippen LogP contribution in [0.1, 0.15) is 44.2 Å². The summed E-state index contributed by atoms with van der Waals surface area (Å²) in [5, 5.41) is 8.53. The van der Waals surface area contributed by atoms with Crippen molar-refractivity contribution < 1.29 is 0 Å². The van der Waals surface area contributed by atoms with Crippen LogP contribution < -0.4 is 5.32 Å². The first-order valence-corrected chi connectivity index (χ1v) is 8.26. The van der Waals surface area contributed by atoms with Gasteiger partial charge in [0.2, 0.25) is 0 Å². The normalized spacial score (nSPS) is 12.9. The van der Waals surface area contributed by atoms with Crippen molar-refractivity contribution in [3.63, 3.8) is 0 Å². The van der Waals surface area contributed by atoms with Crippen molar-refractivity contribution in [1.82, 2.24) is 20.1 Å². The fourth-order valence-electron chi connectivity index (χ4n) is 2.36. The van der Waals surface area contributed by atoms with Gasteiger partial charge in [-0.3, -0.25) is 0 Å². The SMILES string of the molecule is CCNC(Cc1ncnn1C(C)C)c1cc(Cl)cc(Br)c1. The maximum atomic E-state index is 6.17. The van der Waals surface area contributed by atoms with Gasteiger partial charge >= 0.3 is 0 Å². The smallest absolute Gasteiger partial charge is 0.138 e. The van der Waals surface area contributed by atoms with Gasteiger partial charge in [0.1, 0.15) is 12.2 Å². The molecule has 2 aromatic rings. The highest BCUT2D eigenvalue weighted by Crippen LogP contribution is 2.26. The molecule has 0 radical (unpaired) electrons. The third kappa shape index (κ3) is 4.28. The standard InChI is InChI=1S/C15H20BrClN4/c1-4-18-14(11-5-12(16)7-13(17)6-11)8-15-19-9-20-21(15)10(2)3/h5-7,9-10,14,18H,4,8H2,1-3H3. The molecule has 0 spiro atoms. The second kappa shape index (κ2) is 7.38. The third-order valence-electron chi connectivity index (χ3n) is 3.26. The predicted molar refractivity (Wildman–Crippen MR) is 89.7 cm³/mol. The van der Waals surface area contributed by atoms with Crippen LogP contribution in [0.25, 0.3) is 0 Å². The summed E-state index contributed by atoms with van der Waals surface area (Å²) < 4.78 is 2.95. The van der Waals surface area contributed by atoms with Crippen molar-refractivity contribution >= 4 is 27.5 Å². The van der Waals surface area contributed by atoms with Crippen LogP contribution in [0.15, 0.2) is 29.0 Å². The van der Waals surface area contributed by atoms with E-state index in [0.717, 1.165) is 33.8 Å². The van der Waals surface area contributed by atoms with Crippen molar-refractivity contribution in [2.45, 2.75) is 39.3 Å². The lowest BCUT2D eigenvalue weighted by atomic mass is 10.0. The lowest BCUT2D eigenvalue weighted by Gasteiger charge is -2.20. The van der Waals surface area contributed by atoms with E-state index in [4.69, 9.17) is 11.6 Å². The van der Waals surface area contributed by atoms with E-state index in [2.05, 4.69) is 58.2 Å². The van der Waals surface area contributed by atoms with Gasteiger partial charge in [-0.05, 0) is 44.2 Å². The first-order valence-electron chi connectivity index (χ1n) is 7.09. The fraction of sp³-hybridized carbons (Fsp3) is 0.467. The molecule has 4 nitrogen and oxygen atoms in total. The van der Waals surface area contributed by atoms with Crippen LogP contribution >= 0.6 is 27.5 Å². The van der Waals surface area contributed by atoms with Gasteiger partial charge in [0.15, 0.2) is 0 Å². The molecule has 1 N–H and O–H groups in total. The van der Waals surface area contributed by atoms with Gasteiger partial charge < -0.3 is 5.32 Å². The summed E-state index contributed by atoms with van der Waals surface area (Å²) in [5.41, 5.74) is 1.15. The second-order valence-corrected chi connectivity index (χ2v) is 6.58. The zero-order valence-corrected chi connectivity index (χ0v) is 14.8. The summed E-state index contributed by atoms with van der Waals surface area (Å²) >= 11 is 9.67. The summed E-state index contributed by atoms with van der Waals surface area (Å²) in [5.74, 6) is 0.979. The molecule has 1 heterocycles. The second-order valence-electron chi connectivity index (χ2n) is 5.23. The molecule has 0 aliphatic heterocycles. The molecule has 1 aromatic heterocycles. The molecule has 0 aliphatic rings. The molecule has 0 saturated heterocycles. The number of likely N-dealkylation sites (N-methyl/N-ethyl adjacent to an activating group) is 1. The van der Waals surface area contributed by atoms with E-state index in [1.165, 1.54) is 0 Å². The van der Waals surface area contributed by atoms with E-state index in [0.29, 0.717) is 6.04 Å². The number of hydrogen-bond donors (Lipinski definition) is 1. The predicted octanol–water partition coefficient (Wildman–Crippen LogP) is 4.17. The summed E-state index contributed by atoms with van der Waals surface area (Å²) in [7, 11) is 0. The highest BCUT2D eigenvalue weighted by Gasteiger charge is 2.17. The van der Waals surface area contributed by atoms with Crippen LogP contribution in [-0.2, 0) is 6.42 Å². The van der Waals surface area contributed by atoms with Gasteiger partial charge in [-0.1, -0.05) is 34.5 Å². The minimum Gasteiger partial charge on any atom is -0.310 e. The molecule has 0 saturated carbocycles. The molecule has 1 unspecified atom stereocenters. The summed E-state index contributed by atoms with van der Waals surface area (Å²) in [6, 6.07) is 6.44. The van der Waals surface area contributed by atoms with Crippen molar-refractivity contribution in [3.05, 3.63) is 45.4 Å². The topological polar surface area (TPSA) is 42.7 Å². The zero-order chi connectivity index (χ0) is 15.4. The summed E-state index contributed by atoms with van der Waals surface area (Å²) in [4.78, 5) is 4.40. The van der Waals surface area contributed by atoms with Gasteiger partial charge in [-0.25, -0.2) is 9.67 Å². The van der Waals surface area contributed by atoms with E-state index >= 15 is 0 Å². The molecule has 1 atom stereocenters. The van der Waals surface area contributed by atoms with Crippen LogP contribution in [0.3, 0.4) is 0 Å². The van der Waals surface area contributed by atoms with E-state index in [1.54, 1.807) is 6.33 Å². The van der Waals surface area contributed by atoms with Crippen molar-refractivity contribution in [2.75, 3.05) is 6.54 Å². The molecule has 0 aliphatic carbocycles. The van der Waals surface area contributed by atoms with E-state index in [9.17, 15) is 0 Å². The highest BCUT2D eigenvalue weighted by atomic mass is 79.9. The number of rotatable bonds is 6. The minimum atomic E-state index is 0.159. The van der Waals surface area contributed by atoms with Gasteiger partial charge in [-0.2, -0.15) is 5.10 Å². The minimum absolute atomic E-state index is 0.159. The van der Waals surface area contributed by atoms with Crippen molar-refractivity contribution in [2.24, 2.45) is 0 Å². The Morgan fingerprint density at radius 2 is 2.10 bits per heavy atom. The molecular weight excluding hydrogens is 352 g/mol. The Bertz CT molecular complexity index is 577. The average molecular weight is 372 g/mol. The monoisotopic (exact) mass is 370 g/mol.